The normalized spacial score (nSPS) is 11.7. The largest absolute Gasteiger partial charge is 0.456 e. The summed E-state index contributed by atoms with van der Waals surface area (Å²) in [4.78, 5) is 7.31. The van der Waals surface area contributed by atoms with Crippen LogP contribution >= 0.6 is 0 Å². The lowest BCUT2D eigenvalue weighted by Gasteiger charge is -2.28. The molecule has 56 heavy (non-hydrogen) atoms. The van der Waals surface area contributed by atoms with Gasteiger partial charge in [-0.1, -0.05) is 121 Å². The van der Waals surface area contributed by atoms with E-state index in [1.54, 1.807) is 0 Å². The number of rotatable bonds is 6. The quantitative estimate of drug-likeness (QED) is 0.161. The molecular weight excluding hydrogens is 685 g/mol. The maximum absolute atomic E-state index is 6.60. The molecule has 264 valence electrons. The summed E-state index contributed by atoms with van der Waals surface area (Å²) >= 11 is 0. The molecule has 0 spiro atoms. The summed E-state index contributed by atoms with van der Waals surface area (Å²) in [6.07, 6.45) is 0. The zero-order chi connectivity index (χ0) is 37.2. The number of fused-ring (bicyclic) bond motifs is 8. The van der Waals surface area contributed by atoms with Gasteiger partial charge < -0.3 is 13.7 Å². The highest BCUT2D eigenvalue weighted by Crippen LogP contribution is 2.44. The number of hydrogen-bond acceptors (Lipinski definition) is 4. The van der Waals surface area contributed by atoms with E-state index in [1.807, 2.05) is 42.5 Å². The van der Waals surface area contributed by atoms with Crippen molar-refractivity contribution >= 4 is 71.6 Å². The van der Waals surface area contributed by atoms with E-state index in [0.717, 1.165) is 99.5 Å². The molecule has 0 amide bonds. The Labute approximate surface area is 323 Å². The number of aromatic nitrogens is 1. The van der Waals surface area contributed by atoms with Crippen LogP contribution in [-0.2, 0) is 0 Å². The van der Waals surface area contributed by atoms with Gasteiger partial charge in [0.25, 0.3) is 0 Å². The van der Waals surface area contributed by atoms with E-state index in [2.05, 4.69) is 157 Å². The Morgan fingerprint density at radius 3 is 2.00 bits per heavy atom. The second kappa shape index (κ2) is 12.9. The molecule has 0 saturated carbocycles. The molecule has 4 nitrogen and oxygen atoms in total. The molecule has 2 heterocycles. The summed E-state index contributed by atoms with van der Waals surface area (Å²) in [5.41, 5.74) is 13.4. The molecule has 0 aliphatic rings. The van der Waals surface area contributed by atoms with Gasteiger partial charge in [0.05, 0.1) is 0 Å². The smallest absolute Gasteiger partial charge is 0.227 e. The predicted octanol–water partition coefficient (Wildman–Crippen LogP) is 14.8. The van der Waals surface area contributed by atoms with E-state index in [4.69, 9.17) is 13.8 Å². The van der Waals surface area contributed by atoms with Crippen molar-refractivity contribution in [2.75, 3.05) is 4.90 Å². The van der Waals surface area contributed by atoms with Crippen LogP contribution in [0.25, 0.3) is 88.3 Å². The zero-order valence-corrected chi connectivity index (χ0v) is 30.6. The highest BCUT2D eigenvalue weighted by atomic mass is 16.3. The number of nitrogens with zero attached hydrogens (tertiary/aromatic N) is 2. The Morgan fingerprint density at radius 1 is 0.446 bits per heavy atom. The molecule has 0 aliphatic carbocycles. The Kier molecular flexibility index (Phi) is 7.36. The molecule has 0 radical (unpaired) electrons. The van der Waals surface area contributed by atoms with E-state index >= 15 is 0 Å². The van der Waals surface area contributed by atoms with E-state index < -0.39 is 0 Å². The number of para-hydroxylation sites is 1. The van der Waals surface area contributed by atoms with Gasteiger partial charge in [0.15, 0.2) is 5.58 Å². The Morgan fingerprint density at radius 2 is 1.14 bits per heavy atom. The van der Waals surface area contributed by atoms with Gasteiger partial charge in [-0.25, -0.2) is 4.98 Å². The van der Waals surface area contributed by atoms with Gasteiger partial charge in [-0.3, -0.25) is 0 Å². The summed E-state index contributed by atoms with van der Waals surface area (Å²) in [5, 5.41) is 6.67. The Hall–Kier alpha value is -7.43. The van der Waals surface area contributed by atoms with E-state index in [0.29, 0.717) is 5.89 Å². The number of furan rings is 1. The standard InChI is InChI=1S/C52H34N2O2/c1-33-30-39(42-19-11-21-48-50(42)43-18-8-9-20-47(43)55-48)26-29-46(33)54(40-17-10-16-38(31-40)34-12-4-2-5-13-34)41-27-24-35-22-23-36-25-28-45-51(49(36)44(35)32-41)56-52(53-45)37-14-6-3-7-15-37/h2-32H,1H3. The molecule has 4 heteroatoms. The third kappa shape index (κ3) is 5.26. The van der Waals surface area contributed by atoms with Crippen molar-refractivity contribution in [3.8, 4) is 33.7 Å². The number of oxazole rings is 1. The molecule has 0 bridgehead atoms. The van der Waals surface area contributed by atoms with Crippen molar-refractivity contribution in [2.45, 2.75) is 6.92 Å². The SMILES string of the molecule is Cc1cc(-c2cccc3oc4ccccc4c23)ccc1N(c1cccc(-c2ccccc2)c1)c1ccc2ccc3ccc4nc(-c5ccccc5)oc4c3c2c1. The summed E-state index contributed by atoms with van der Waals surface area (Å²) in [6.45, 7) is 2.21. The first-order chi connectivity index (χ1) is 27.7. The van der Waals surface area contributed by atoms with Crippen molar-refractivity contribution in [1.29, 1.82) is 0 Å². The highest BCUT2D eigenvalue weighted by Gasteiger charge is 2.20. The lowest BCUT2D eigenvalue weighted by Crippen LogP contribution is -2.11. The van der Waals surface area contributed by atoms with Gasteiger partial charge in [-0.05, 0) is 118 Å². The lowest BCUT2D eigenvalue weighted by molar-refractivity contribution is 0.623. The topological polar surface area (TPSA) is 42.4 Å². The molecule has 0 saturated heterocycles. The molecule has 0 unspecified atom stereocenters. The highest BCUT2D eigenvalue weighted by molar-refractivity contribution is 6.19. The van der Waals surface area contributed by atoms with Crippen LogP contribution in [0.3, 0.4) is 0 Å². The van der Waals surface area contributed by atoms with Crippen LogP contribution in [0.4, 0.5) is 17.1 Å². The number of anilines is 3. The van der Waals surface area contributed by atoms with Gasteiger partial charge in [-0.15, -0.1) is 0 Å². The van der Waals surface area contributed by atoms with Crippen molar-refractivity contribution in [1.82, 2.24) is 4.98 Å². The van der Waals surface area contributed by atoms with E-state index in [9.17, 15) is 0 Å². The van der Waals surface area contributed by atoms with Gasteiger partial charge in [0.2, 0.25) is 5.89 Å². The minimum absolute atomic E-state index is 0.621. The predicted molar refractivity (Wildman–Crippen MR) is 232 cm³/mol. The molecule has 0 atom stereocenters. The van der Waals surface area contributed by atoms with Crippen molar-refractivity contribution < 1.29 is 8.83 Å². The average molecular weight is 719 g/mol. The van der Waals surface area contributed by atoms with Crippen LogP contribution in [0.2, 0.25) is 0 Å². The lowest BCUT2D eigenvalue weighted by atomic mass is 9.96. The summed E-state index contributed by atoms with van der Waals surface area (Å²) in [5.74, 6) is 0.621. The minimum atomic E-state index is 0.621. The van der Waals surface area contributed by atoms with Gasteiger partial charge in [0, 0.05) is 38.8 Å². The van der Waals surface area contributed by atoms with Crippen molar-refractivity contribution in [3.63, 3.8) is 0 Å². The maximum atomic E-state index is 6.60. The first-order valence-electron chi connectivity index (χ1n) is 18.9. The average Bonchev–Trinajstić information content (AvgIpc) is 3.87. The summed E-state index contributed by atoms with van der Waals surface area (Å²) < 4.78 is 12.9. The molecule has 11 aromatic rings. The molecule has 0 fully saturated rings. The summed E-state index contributed by atoms with van der Waals surface area (Å²) in [7, 11) is 0. The molecule has 9 aromatic carbocycles. The van der Waals surface area contributed by atoms with E-state index in [1.165, 1.54) is 5.56 Å². The van der Waals surface area contributed by atoms with Crippen LogP contribution < -0.4 is 4.90 Å². The molecule has 0 aliphatic heterocycles. The molecule has 0 N–H and O–H groups in total. The number of hydrogen-bond donors (Lipinski definition) is 0. The molecule has 11 rings (SSSR count). The van der Waals surface area contributed by atoms with Crippen LogP contribution in [0.1, 0.15) is 5.56 Å². The zero-order valence-electron chi connectivity index (χ0n) is 30.6. The molecular formula is C52H34N2O2. The van der Waals surface area contributed by atoms with Gasteiger partial charge in [0.1, 0.15) is 16.7 Å². The third-order valence-corrected chi connectivity index (χ3v) is 11.0. The number of aryl methyl sites for hydroxylation is 1. The van der Waals surface area contributed by atoms with Crippen LogP contribution in [0.15, 0.2) is 197 Å². The van der Waals surface area contributed by atoms with Crippen LogP contribution in [-0.4, -0.2) is 4.98 Å². The molecule has 2 aromatic heterocycles. The van der Waals surface area contributed by atoms with Crippen LogP contribution in [0.5, 0.6) is 0 Å². The fourth-order valence-corrected chi connectivity index (χ4v) is 8.32. The minimum Gasteiger partial charge on any atom is -0.456 e. The third-order valence-electron chi connectivity index (χ3n) is 11.0. The summed E-state index contributed by atoms with van der Waals surface area (Å²) in [6, 6.07) is 66.3. The fraction of sp³-hybridized carbons (Fsp3) is 0.0192. The first-order valence-corrected chi connectivity index (χ1v) is 18.9. The van der Waals surface area contributed by atoms with Gasteiger partial charge >= 0.3 is 0 Å². The van der Waals surface area contributed by atoms with Gasteiger partial charge in [-0.2, -0.15) is 0 Å². The van der Waals surface area contributed by atoms with Crippen molar-refractivity contribution in [3.05, 3.63) is 194 Å². The monoisotopic (exact) mass is 718 g/mol. The Balaban J connectivity index is 1.12. The fourth-order valence-electron chi connectivity index (χ4n) is 8.32. The van der Waals surface area contributed by atoms with Crippen LogP contribution in [0, 0.1) is 6.92 Å². The second-order valence-corrected chi connectivity index (χ2v) is 14.4. The number of benzene rings is 9. The van der Waals surface area contributed by atoms with E-state index in [-0.39, 0.29) is 0 Å². The first kappa shape index (κ1) is 32.0. The van der Waals surface area contributed by atoms with Crippen molar-refractivity contribution in [2.24, 2.45) is 0 Å². The maximum Gasteiger partial charge on any atom is 0.227 e. The second-order valence-electron chi connectivity index (χ2n) is 14.4. The Bertz CT molecular complexity index is 3270.